The van der Waals surface area contributed by atoms with Crippen molar-refractivity contribution in [3.8, 4) is 0 Å². The van der Waals surface area contributed by atoms with Crippen LogP contribution in [0.3, 0.4) is 0 Å². The highest BCUT2D eigenvalue weighted by molar-refractivity contribution is 5.80. The number of aromatic nitrogens is 3. The van der Waals surface area contributed by atoms with Crippen molar-refractivity contribution in [2.75, 3.05) is 0 Å². The quantitative estimate of drug-likeness (QED) is 0.741. The van der Waals surface area contributed by atoms with Crippen LogP contribution in [0.15, 0.2) is 0 Å². The Balaban J connectivity index is 2.79. The number of carbonyl (C=O) groups excluding carboxylic acids is 1. The second-order valence-corrected chi connectivity index (χ2v) is 4.08. The van der Waals surface area contributed by atoms with Gasteiger partial charge in [-0.3, -0.25) is 4.79 Å². The minimum absolute atomic E-state index is 0.110. The number of ketones is 1. The molecule has 0 fully saturated rings. The highest BCUT2D eigenvalue weighted by Crippen LogP contribution is 2.07. The molecule has 0 amide bonds. The van der Waals surface area contributed by atoms with E-state index in [2.05, 4.69) is 10.1 Å². The van der Waals surface area contributed by atoms with E-state index in [0.29, 0.717) is 6.54 Å². The van der Waals surface area contributed by atoms with Crippen LogP contribution in [0.1, 0.15) is 45.8 Å². The molecule has 0 aromatic carbocycles. The van der Waals surface area contributed by atoms with Gasteiger partial charge in [-0.05, 0) is 6.42 Å². The third-order valence-corrected chi connectivity index (χ3v) is 2.89. The summed E-state index contributed by atoms with van der Waals surface area (Å²) in [6.07, 6.45) is 2.52. The number of Topliss-reactive ketones (excluding diaryl/α,β-unsaturated/α-hetero) is 1. The molecule has 0 aliphatic rings. The summed E-state index contributed by atoms with van der Waals surface area (Å²) in [5.74, 6) is 2.09. The molecule has 1 unspecified atom stereocenters. The Labute approximate surface area is 97.1 Å². The average molecular weight is 223 g/mol. The van der Waals surface area contributed by atoms with Gasteiger partial charge in [0.15, 0.2) is 11.6 Å². The van der Waals surface area contributed by atoms with Crippen molar-refractivity contribution < 1.29 is 4.79 Å². The zero-order chi connectivity index (χ0) is 12.1. The van der Waals surface area contributed by atoms with E-state index in [-0.39, 0.29) is 11.7 Å². The van der Waals surface area contributed by atoms with Gasteiger partial charge in [-0.15, -0.1) is 0 Å². The molecular weight excluding hydrogens is 202 g/mol. The van der Waals surface area contributed by atoms with E-state index in [1.165, 1.54) is 0 Å². The van der Waals surface area contributed by atoms with Gasteiger partial charge in [-0.2, -0.15) is 5.10 Å². The average Bonchev–Trinajstić information content (AvgIpc) is 2.70. The molecule has 1 heterocycles. The monoisotopic (exact) mass is 223 g/mol. The molecular formula is C12H21N3O. The van der Waals surface area contributed by atoms with Crippen molar-refractivity contribution in [2.24, 2.45) is 5.92 Å². The first-order chi connectivity index (χ1) is 7.62. The highest BCUT2D eigenvalue weighted by atomic mass is 16.1. The van der Waals surface area contributed by atoms with Crippen LogP contribution in [-0.2, 0) is 24.2 Å². The number of hydrogen-bond acceptors (Lipinski definition) is 3. The first-order valence-corrected chi connectivity index (χ1v) is 6.07. The zero-order valence-electron chi connectivity index (χ0n) is 10.7. The lowest BCUT2D eigenvalue weighted by Crippen LogP contribution is -2.19. The van der Waals surface area contributed by atoms with Crippen molar-refractivity contribution in [1.29, 1.82) is 0 Å². The van der Waals surface area contributed by atoms with Crippen LogP contribution < -0.4 is 0 Å². The fourth-order valence-electron chi connectivity index (χ4n) is 1.50. The molecule has 16 heavy (non-hydrogen) atoms. The summed E-state index contributed by atoms with van der Waals surface area (Å²) < 4.78 is 1.76. The molecule has 4 nitrogen and oxygen atoms in total. The van der Waals surface area contributed by atoms with Crippen LogP contribution in [0, 0.1) is 5.92 Å². The number of nitrogens with zero attached hydrogens (tertiary/aromatic N) is 3. The minimum Gasteiger partial charge on any atom is -0.297 e. The van der Waals surface area contributed by atoms with Crippen molar-refractivity contribution in [2.45, 2.75) is 53.5 Å². The summed E-state index contributed by atoms with van der Waals surface area (Å²) in [6.45, 7) is 8.42. The summed E-state index contributed by atoms with van der Waals surface area (Å²) >= 11 is 0. The Morgan fingerprint density at radius 2 is 2.00 bits per heavy atom. The number of rotatable bonds is 6. The minimum atomic E-state index is 0.110. The first kappa shape index (κ1) is 12.9. The van der Waals surface area contributed by atoms with Gasteiger partial charge in [0.25, 0.3) is 0 Å². The Morgan fingerprint density at radius 3 is 2.50 bits per heavy atom. The van der Waals surface area contributed by atoms with Crippen molar-refractivity contribution in [3.63, 3.8) is 0 Å². The van der Waals surface area contributed by atoms with Gasteiger partial charge in [-0.25, -0.2) is 9.67 Å². The lowest BCUT2D eigenvalue weighted by Gasteiger charge is -2.08. The molecule has 90 valence electrons. The van der Waals surface area contributed by atoms with Gasteiger partial charge < -0.3 is 0 Å². The van der Waals surface area contributed by atoms with Crippen LogP contribution in [-0.4, -0.2) is 20.5 Å². The van der Waals surface area contributed by atoms with Crippen LogP contribution in [0.25, 0.3) is 0 Å². The highest BCUT2D eigenvalue weighted by Gasteiger charge is 2.15. The number of carbonyl (C=O) groups is 1. The van der Waals surface area contributed by atoms with Crippen molar-refractivity contribution in [1.82, 2.24) is 14.8 Å². The molecule has 0 aliphatic heterocycles. The van der Waals surface area contributed by atoms with Gasteiger partial charge in [0.1, 0.15) is 12.4 Å². The maximum atomic E-state index is 11.8. The van der Waals surface area contributed by atoms with E-state index < -0.39 is 0 Å². The molecule has 0 radical (unpaired) electrons. The molecule has 1 rings (SSSR count). The molecule has 0 spiro atoms. The summed E-state index contributed by atoms with van der Waals surface area (Å²) in [5.41, 5.74) is 0. The Bertz CT molecular complexity index is 357. The summed E-state index contributed by atoms with van der Waals surface area (Å²) in [4.78, 5) is 16.2. The predicted molar refractivity (Wildman–Crippen MR) is 63.2 cm³/mol. The molecule has 4 heteroatoms. The Hall–Kier alpha value is -1.19. The molecule has 0 aliphatic carbocycles. The SMILES string of the molecule is CCc1nc(CC)n(CC(=O)C(C)CC)n1. The summed E-state index contributed by atoms with van der Waals surface area (Å²) in [5, 5.41) is 4.34. The molecule has 0 N–H and O–H groups in total. The van der Waals surface area contributed by atoms with Gasteiger partial charge in [0.05, 0.1) is 0 Å². The topological polar surface area (TPSA) is 47.8 Å². The van der Waals surface area contributed by atoms with Gasteiger partial charge in [-0.1, -0.05) is 27.7 Å². The van der Waals surface area contributed by atoms with Crippen LogP contribution in [0.5, 0.6) is 0 Å². The van der Waals surface area contributed by atoms with E-state index >= 15 is 0 Å². The first-order valence-electron chi connectivity index (χ1n) is 6.07. The molecule has 1 aromatic rings. The van der Waals surface area contributed by atoms with Crippen LogP contribution in [0.2, 0.25) is 0 Å². The van der Waals surface area contributed by atoms with Crippen LogP contribution in [0.4, 0.5) is 0 Å². The molecule has 0 saturated heterocycles. The summed E-state index contributed by atoms with van der Waals surface area (Å²) in [7, 11) is 0. The fraction of sp³-hybridized carbons (Fsp3) is 0.750. The largest absolute Gasteiger partial charge is 0.297 e. The van der Waals surface area contributed by atoms with Crippen LogP contribution >= 0.6 is 0 Å². The van der Waals surface area contributed by atoms with Crippen molar-refractivity contribution in [3.05, 3.63) is 11.6 Å². The number of aryl methyl sites for hydroxylation is 2. The predicted octanol–water partition coefficient (Wildman–Crippen LogP) is 2.02. The molecule has 1 aromatic heterocycles. The standard InChI is InChI=1S/C12H21N3O/c1-5-9(4)10(16)8-15-12(7-3)13-11(6-2)14-15/h9H,5-8H2,1-4H3. The lowest BCUT2D eigenvalue weighted by molar-refractivity contribution is -0.123. The van der Waals surface area contributed by atoms with E-state index in [0.717, 1.165) is 30.9 Å². The maximum Gasteiger partial charge on any atom is 0.157 e. The zero-order valence-corrected chi connectivity index (χ0v) is 10.7. The normalized spacial score (nSPS) is 12.8. The fourth-order valence-corrected chi connectivity index (χ4v) is 1.50. The van der Waals surface area contributed by atoms with Gasteiger partial charge in [0.2, 0.25) is 0 Å². The smallest absolute Gasteiger partial charge is 0.157 e. The van der Waals surface area contributed by atoms with E-state index in [4.69, 9.17) is 0 Å². The van der Waals surface area contributed by atoms with Gasteiger partial charge in [0, 0.05) is 18.8 Å². The lowest BCUT2D eigenvalue weighted by atomic mass is 10.0. The Morgan fingerprint density at radius 1 is 1.31 bits per heavy atom. The molecule has 1 atom stereocenters. The second kappa shape index (κ2) is 5.77. The van der Waals surface area contributed by atoms with Gasteiger partial charge >= 0.3 is 0 Å². The third-order valence-electron chi connectivity index (χ3n) is 2.89. The second-order valence-electron chi connectivity index (χ2n) is 4.08. The molecule has 0 saturated carbocycles. The molecule has 0 bridgehead atoms. The van der Waals surface area contributed by atoms with E-state index in [1.54, 1.807) is 4.68 Å². The third kappa shape index (κ3) is 2.90. The summed E-state index contributed by atoms with van der Waals surface area (Å²) in [6, 6.07) is 0. The maximum absolute atomic E-state index is 11.8. The van der Waals surface area contributed by atoms with E-state index in [1.807, 2.05) is 27.7 Å². The van der Waals surface area contributed by atoms with Crippen molar-refractivity contribution >= 4 is 5.78 Å². The number of hydrogen-bond donors (Lipinski definition) is 0. The Kier molecular flexibility index (Phi) is 4.65. The van der Waals surface area contributed by atoms with E-state index in [9.17, 15) is 4.79 Å².